The third-order valence-corrected chi connectivity index (χ3v) is 8.28. The van der Waals surface area contributed by atoms with Crippen LogP contribution >= 0.6 is 0 Å². The van der Waals surface area contributed by atoms with Crippen molar-refractivity contribution in [3.8, 4) is 6.07 Å². The van der Waals surface area contributed by atoms with Gasteiger partial charge in [0.25, 0.3) is 0 Å². The van der Waals surface area contributed by atoms with Gasteiger partial charge in [-0.05, 0) is 79.7 Å². The van der Waals surface area contributed by atoms with E-state index in [1.165, 1.54) is 29.7 Å². The molecule has 0 N–H and O–H groups in total. The molecule has 0 radical (unpaired) electrons. The van der Waals surface area contributed by atoms with Crippen molar-refractivity contribution in [1.82, 2.24) is 4.90 Å². The van der Waals surface area contributed by atoms with Gasteiger partial charge in [-0.15, -0.1) is 0 Å². The number of hydrogen-bond donors (Lipinski definition) is 0. The summed E-state index contributed by atoms with van der Waals surface area (Å²) in [5, 5.41) is 10.5. The van der Waals surface area contributed by atoms with Crippen molar-refractivity contribution in [3.63, 3.8) is 0 Å². The maximum Gasteiger partial charge on any atom is 0.123 e. The van der Waals surface area contributed by atoms with E-state index in [2.05, 4.69) is 78.6 Å². The molecule has 0 aliphatic heterocycles. The molecule has 1 aliphatic rings. The highest BCUT2D eigenvalue weighted by molar-refractivity contribution is 5.35. The fourth-order valence-electron chi connectivity index (χ4n) is 5.80. The lowest BCUT2D eigenvalue weighted by atomic mass is 9.60. The first-order valence-corrected chi connectivity index (χ1v) is 13.6. The molecule has 2 atom stereocenters. The van der Waals surface area contributed by atoms with E-state index in [1.807, 2.05) is 12.1 Å². The molecule has 2 nitrogen and oxygen atoms in total. The summed E-state index contributed by atoms with van der Waals surface area (Å²) in [6.07, 6.45) is 8.27. The second kappa shape index (κ2) is 12.8. The van der Waals surface area contributed by atoms with Crippen LogP contribution in [0.1, 0.15) is 62.1 Å². The summed E-state index contributed by atoms with van der Waals surface area (Å²) < 4.78 is 13.7. The van der Waals surface area contributed by atoms with Crippen molar-refractivity contribution in [2.45, 2.75) is 69.7 Å². The minimum atomic E-state index is -0.524. The number of rotatable bonds is 13. The topological polar surface area (TPSA) is 27.0 Å². The van der Waals surface area contributed by atoms with Crippen molar-refractivity contribution in [3.05, 3.63) is 107 Å². The summed E-state index contributed by atoms with van der Waals surface area (Å²) in [5.41, 5.74) is 3.20. The Hall–Kier alpha value is -2.96. The van der Waals surface area contributed by atoms with E-state index in [1.54, 1.807) is 0 Å². The zero-order valence-corrected chi connectivity index (χ0v) is 21.6. The van der Waals surface area contributed by atoms with Gasteiger partial charge in [-0.3, -0.25) is 4.90 Å². The average Bonchev–Trinajstić information content (AvgIpc) is 2.89. The maximum atomic E-state index is 13.7. The first kappa shape index (κ1) is 26.1. The Morgan fingerprint density at radius 1 is 0.889 bits per heavy atom. The molecule has 3 aromatic rings. The minimum absolute atomic E-state index is 0.237. The van der Waals surface area contributed by atoms with E-state index in [4.69, 9.17) is 0 Å². The standard InChI is InChI=1S/C33H39FN2/c1-2-32(20-23-33(26-35,29-14-9-15-29)30-16-18-31(34)19-17-30)36(24-21-27-10-5-3-6-11-27)25-22-28-12-7-4-8-13-28/h3-8,10-13,16-19,29,32H,2,9,14-15,20-25H2,1H3. The van der Waals surface area contributed by atoms with Crippen molar-refractivity contribution in [2.24, 2.45) is 5.92 Å². The van der Waals surface area contributed by atoms with Crippen molar-refractivity contribution in [1.29, 1.82) is 5.26 Å². The second-order valence-electron chi connectivity index (χ2n) is 10.3. The van der Waals surface area contributed by atoms with Crippen LogP contribution in [0.15, 0.2) is 84.9 Å². The number of hydrogen-bond acceptors (Lipinski definition) is 2. The third-order valence-electron chi connectivity index (χ3n) is 8.28. The van der Waals surface area contributed by atoms with Crippen LogP contribution in [-0.4, -0.2) is 24.0 Å². The number of halogens is 1. The third kappa shape index (κ3) is 6.42. The fourth-order valence-corrected chi connectivity index (χ4v) is 5.80. The van der Waals surface area contributed by atoms with Gasteiger partial charge in [0.05, 0.1) is 11.5 Å². The lowest BCUT2D eigenvalue weighted by Crippen LogP contribution is -2.42. The van der Waals surface area contributed by atoms with Gasteiger partial charge in [-0.25, -0.2) is 4.39 Å². The van der Waals surface area contributed by atoms with Gasteiger partial charge in [0.15, 0.2) is 0 Å². The second-order valence-corrected chi connectivity index (χ2v) is 10.3. The molecule has 0 spiro atoms. The summed E-state index contributed by atoms with van der Waals surface area (Å²) in [5.74, 6) is 0.131. The summed E-state index contributed by atoms with van der Waals surface area (Å²) in [7, 11) is 0. The summed E-state index contributed by atoms with van der Waals surface area (Å²) >= 11 is 0. The highest BCUT2D eigenvalue weighted by Crippen LogP contribution is 2.47. The normalized spacial score (nSPS) is 16.2. The van der Waals surface area contributed by atoms with Gasteiger partial charge in [-0.2, -0.15) is 5.26 Å². The zero-order valence-electron chi connectivity index (χ0n) is 21.6. The summed E-state index contributed by atoms with van der Waals surface area (Å²) in [6, 6.07) is 31.3. The number of benzene rings is 3. The van der Waals surface area contributed by atoms with Crippen molar-refractivity contribution in [2.75, 3.05) is 13.1 Å². The van der Waals surface area contributed by atoms with Crippen LogP contribution in [0.2, 0.25) is 0 Å². The molecule has 1 saturated carbocycles. The van der Waals surface area contributed by atoms with Crippen molar-refractivity contribution < 1.29 is 4.39 Å². The molecule has 4 rings (SSSR count). The molecule has 0 amide bonds. The predicted molar refractivity (Wildman–Crippen MR) is 146 cm³/mol. The molecule has 3 aromatic carbocycles. The van der Waals surface area contributed by atoms with Crippen LogP contribution < -0.4 is 0 Å². The van der Waals surface area contributed by atoms with E-state index in [0.717, 1.165) is 63.6 Å². The first-order chi connectivity index (χ1) is 17.6. The van der Waals surface area contributed by atoms with E-state index in [0.29, 0.717) is 12.0 Å². The van der Waals surface area contributed by atoms with Gasteiger partial charge in [0, 0.05) is 19.1 Å². The molecule has 0 aromatic heterocycles. The predicted octanol–water partition coefficient (Wildman–Crippen LogP) is 7.73. The Balaban J connectivity index is 1.51. The molecule has 188 valence electrons. The molecule has 2 unspecified atom stereocenters. The van der Waals surface area contributed by atoms with E-state index < -0.39 is 5.41 Å². The fraction of sp³-hybridized carbons (Fsp3) is 0.424. The quantitative estimate of drug-likeness (QED) is 0.249. The molecule has 3 heteroatoms. The van der Waals surface area contributed by atoms with Crippen LogP contribution in [0.4, 0.5) is 4.39 Å². The monoisotopic (exact) mass is 482 g/mol. The minimum Gasteiger partial charge on any atom is -0.300 e. The van der Waals surface area contributed by atoms with Gasteiger partial charge >= 0.3 is 0 Å². The highest BCUT2D eigenvalue weighted by atomic mass is 19.1. The SMILES string of the molecule is CCC(CCC(C#N)(c1ccc(F)cc1)C1CCC1)N(CCc1ccccc1)CCc1ccccc1. The Kier molecular flexibility index (Phi) is 9.31. The van der Waals surface area contributed by atoms with E-state index >= 15 is 0 Å². The Morgan fingerprint density at radius 3 is 1.89 bits per heavy atom. The molecule has 0 saturated heterocycles. The van der Waals surface area contributed by atoms with E-state index in [-0.39, 0.29) is 5.82 Å². The lowest BCUT2D eigenvalue weighted by molar-refractivity contribution is 0.148. The molecule has 36 heavy (non-hydrogen) atoms. The molecule has 1 aliphatic carbocycles. The van der Waals surface area contributed by atoms with Gasteiger partial charge in [0.2, 0.25) is 0 Å². The average molecular weight is 483 g/mol. The lowest BCUT2D eigenvalue weighted by Gasteiger charge is -2.42. The molecular weight excluding hydrogens is 443 g/mol. The summed E-state index contributed by atoms with van der Waals surface area (Å²) in [6.45, 7) is 4.29. The van der Waals surface area contributed by atoms with Crippen LogP contribution in [0.25, 0.3) is 0 Å². The summed E-state index contributed by atoms with van der Waals surface area (Å²) in [4.78, 5) is 2.65. The van der Waals surface area contributed by atoms with Crippen LogP contribution in [0.3, 0.4) is 0 Å². The Morgan fingerprint density at radius 2 is 1.44 bits per heavy atom. The largest absolute Gasteiger partial charge is 0.300 e. The number of nitrogens with zero attached hydrogens (tertiary/aromatic N) is 2. The van der Waals surface area contributed by atoms with Gasteiger partial charge < -0.3 is 0 Å². The van der Waals surface area contributed by atoms with Gasteiger partial charge in [-0.1, -0.05) is 86.1 Å². The smallest absolute Gasteiger partial charge is 0.123 e. The molecule has 1 fully saturated rings. The van der Waals surface area contributed by atoms with Crippen LogP contribution in [0.5, 0.6) is 0 Å². The molecule has 0 heterocycles. The maximum absolute atomic E-state index is 13.7. The zero-order chi connectivity index (χ0) is 25.2. The van der Waals surface area contributed by atoms with Crippen LogP contribution in [-0.2, 0) is 18.3 Å². The number of nitriles is 1. The van der Waals surface area contributed by atoms with E-state index in [9.17, 15) is 9.65 Å². The van der Waals surface area contributed by atoms with Crippen LogP contribution in [0, 0.1) is 23.1 Å². The van der Waals surface area contributed by atoms with Gasteiger partial charge in [0.1, 0.15) is 5.82 Å². The Bertz CT molecular complexity index is 1040. The molecular formula is C33H39FN2. The Labute approximate surface area is 216 Å². The molecule has 0 bridgehead atoms. The van der Waals surface area contributed by atoms with Crippen molar-refractivity contribution >= 4 is 0 Å². The highest BCUT2D eigenvalue weighted by Gasteiger charge is 2.44. The first-order valence-electron chi connectivity index (χ1n) is 13.6.